The molecule has 0 bridgehead atoms. The Morgan fingerprint density at radius 1 is 1.17 bits per heavy atom. The second-order valence-electron chi connectivity index (χ2n) is 6.89. The Bertz CT molecular complexity index is 308. The van der Waals surface area contributed by atoms with Crippen molar-refractivity contribution >= 4 is 5.97 Å². The highest BCUT2D eigenvalue weighted by atomic mass is 16.5. The molecule has 0 saturated heterocycles. The molecule has 0 aromatic carbocycles. The maximum atomic E-state index is 12.2. The SMILES string of the molecule is COC(=O)C1(NC2CCCCC2)CCC(C)(C)C1. The van der Waals surface area contributed by atoms with Crippen LogP contribution in [-0.2, 0) is 9.53 Å². The van der Waals surface area contributed by atoms with Gasteiger partial charge in [-0.3, -0.25) is 10.1 Å². The van der Waals surface area contributed by atoms with Gasteiger partial charge in [0.2, 0.25) is 0 Å². The summed E-state index contributed by atoms with van der Waals surface area (Å²) in [6.45, 7) is 4.50. The molecule has 2 aliphatic rings. The van der Waals surface area contributed by atoms with Crippen molar-refractivity contribution in [3.8, 4) is 0 Å². The van der Waals surface area contributed by atoms with Crippen molar-refractivity contribution in [2.45, 2.75) is 76.8 Å². The van der Waals surface area contributed by atoms with Crippen LogP contribution in [0.15, 0.2) is 0 Å². The molecule has 0 aliphatic heterocycles. The van der Waals surface area contributed by atoms with Crippen molar-refractivity contribution in [1.29, 1.82) is 0 Å². The molecule has 2 saturated carbocycles. The zero-order valence-corrected chi connectivity index (χ0v) is 12.1. The van der Waals surface area contributed by atoms with Gasteiger partial charge in [0.05, 0.1) is 7.11 Å². The summed E-state index contributed by atoms with van der Waals surface area (Å²) in [5.41, 5.74) is -0.171. The van der Waals surface area contributed by atoms with E-state index >= 15 is 0 Å². The Morgan fingerprint density at radius 3 is 2.33 bits per heavy atom. The lowest BCUT2D eigenvalue weighted by Gasteiger charge is -2.35. The van der Waals surface area contributed by atoms with Crippen LogP contribution in [0.25, 0.3) is 0 Å². The highest BCUT2D eigenvalue weighted by molar-refractivity contribution is 5.81. The van der Waals surface area contributed by atoms with E-state index in [1.807, 2.05) is 0 Å². The topological polar surface area (TPSA) is 38.3 Å². The van der Waals surface area contributed by atoms with Gasteiger partial charge in [0, 0.05) is 6.04 Å². The van der Waals surface area contributed by atoms with E-state index in [9.17, 15) is 4.79 Å². The number of carbonyl (C=O) groups is 1. The van der Waals surface area contributed by atoms with Crippen molar-refractivity contribution in [2.24, 2.45) is 5.41 Å². The fourth-order valence-corrected chi connectivity index (χ4v) is 3.73. The van der Waals surface area contributed by atoms with Crippen LogP contribution >= 0.6 is 0 Å². The van der Waals surface area contributed by atoms with Crippen molar-refractivity contribution in [3.05, 3.63) is 0 Å². The highest BCUT2D eigenvalue weighted by Crippen LogP contribution is 2.44. The molecule has 0 spiro atoms. The Balaban J connectivity index is 2.08. The lowest BCUT2D eigenvalue weighted by molar-refractivity contribution is -0.149. The first kappa shape index (κ1) is 13.9. The minimum absolute atomic E-state index is 0.0568. The Labute approximate surface area is 111 Å². The molecule has 1 unspecified atom stereocenters. The summed E-state index contributed by atoms with van der Waals surface area (Å²) in [6.07, 6.45) is 9.26. The average molecular weight is 253 g/mol. The van der Waals surface area contributed by atoms with E-state index in [0.717, 1.165) is 19.3 Å². The number of hydrogen-bond acceptors (Lipinski definition) is 3. The Morgan fingerprint density at radius 2 is 1.83 bits per heavy atom. The fraction of sp³-hybridized carbons (Fsp3) is 0.933. The summed E-state index contributed by atoms with van der Waals surface area (Å²) in [5, 5.41) is 3.66. The molecule has 0 heterocycles. The monoisotopic (exact) mass is 253 g/mol. The Hall–Kier alpha value is -0.570. The standard InChI is InChI=1S/C15H27NO2/c1-14(2)9-10-15(11-14,13(17)18-3)16-12-7-5-4-6-8-12/h12,16H,4-11H2,1-3H3. The lowest BCUT2D eigenvalue weighted by atomic mass is 9.85. The second kappa shape index (κ2) is 5.20. The predicted octanol–water partition coefficient (Wildman–Crippen LogP) is 3.03. The zero-order chi connectivity index (χ0) is 13.2. The van der Waals surface area contributed by atoms with Crippen molar-refractivity contribution in [3.63, 3.8) is 0 Å². The van der Waals surface area contributed by atoms with Gasteiger partial charge < -0.3 is 4.74 Å². The molecule has 3 nitrogen and oxygen atoms in total. The van der Waals surface area contributed by atoms with Crippen molar-refractivity contribution in [2.75, 3.05) is 7.11 Å². The summed E-state index contributed by atoms with van der Waals surface area (Å²) in [7, 11) is 1.51. The molecule has 2 fully saturated rings. The van der Waals surface area contributed by atoms with Gasteiger partial charge >= 0.3 is 5.97 Å². The first-order chi connectivity index (χ1) is 8.47. The van der Waals surface area contributed by atoms with Gasteiger partial charge in [0.1, 0.15) is 5.54 Å². The van der Waals surface area contributed by atoms with E-state index < -0.39 is 5.54 Å². The molecule has 0 aromatic rings. The zero-order valence-electron chi connectivity index (χ0n) is 12.1. The van der Waals surface area contributed by atoms with Gasteiger partial charge in [-0.25, -0.2) is 0 Å². The Kier molecular flexibility index (Phi) is 4.00. The van der Waals surface area contributed by atoms with Gasteiger partial charge in [-0.15, -0.1) is 0 Å². The van der Waals surface area contributed by atoms with Crippen LogP contribution in [0.3, 0.4) is 0 Å². The van der Waals surface area contributed by atoms with E-state index in [1.54, 1.807) is 0 Å². The van der Waals surface area contributed by atoms with Crippen LogP contribution in [0.2, 0.25) is 0 Å². The molecule has 1 atom stereocenters. The summed E-state index contributed by atoms with van der Waals surface area (Å²) < 4.78 is 5.07. The summed E-state index contributed by atoms with van der Waals surface area (Å²) in [6, 6.07) is 0.506. The number of ether oxygens (including phenoxy) is 1. The fourth-order valence-electron chi connectivity index (χ4n) is 3.73. The number of hydrogen-bond donors (Lipinski definition) is 1. The van der Waals surface area contributed by atoms with Gasteiger partial charge in [-0.05, 0) is 37.5 Å². The normalized spacial score (nSPS) is 32.4. The van der Waals surface area contributed by atoms with Gasteiger partial charge in [0.15, 0.2) is 0 Å². The molecule has 2 rings (SSSR count). The van der Waals surface area contributed by atoms with Crippen LogP contribution in [0.1, 0.15) is 65.2 Å². The minimum atomic E-state index is -0.416. The number of methoxy groups -OCH3 is 1. The van der Waals surface area contributed by atoms with E-state index in [4.69, 9.17) is 4.74 Å². The molecular formula is C15H27NO2. The molecule has 0 amide bonds. The quantitative estimate of drug-likeness (QED) is 0.786. The predicted molar refractivity (Wildman–Crippen MR) is 72.4 cm³/mol. The third-order valence-electron chi connectivity index (χ3n) is 4.67. The van der Waals surface area contributed by atoms with Crippen LogP contribution in [0.4, 0.5) is 0 Å². The molecule has 2 aliphatic carbocycles. The van der Waals surface area contributed by atoms with E-state index in [1.165, 1.54) is 39.2 Å². The molecular weight excluding hydrogens is 226 g/mol. The maximum absolute atomic E-state index is 12.2. The molecule has 3 heteroatoms. The lowest BCUT2D eigenvalue weighted by Crippen LogP contribution is -2.55. The average Bonchev–Trinajstić information content (AvgIpc) is 2.66. The van der Waals surface area contributed by atoms with Crippen molar-refractivity contribution < 1.29 is 9.53 Å². The van der Waals surface area contributed by atoms with Gasteiger partial charge in [0.25, 0.3) is 0 Å². The third-order valence-corrected chi connectivity index (χ3v) is 4.67. The van der Waals surface area contributed by atoms with Gasteiger partial charge in [-0.2, -0.15) is 0 Å². The summed E-state index contributed by atoms with van der Waals surface area (Å²) in [5.74, 6) is -0.0568. The number of esters is 1. The first-order valence-electron chi connectivity index (χ1n) is 7.34. The maximum Gasteiger partial charge on any atom is 0.326 e. The van der Waals surface area contributed by atoms with E-state index in [0.29, 0.717) is 6.04 Å². The molecule has 0 aromatic heterocycles. The largest absolute Gasteiger partial charge is 0.468 e. The number of carbonyl (C=O) groups excluding carboxylic acids is 1. The van der Waals surface area contributed by atoms with E-state index in [-0.39, 0.29) is 11.4 Å². The highest BCUT2D eigenvalue weighted by Gasteiger charge is 2.50. The van der Waals surface area contributed by atoms with Gasteiger partial charge in [-0.1, -0.05) is 33.1 Å². The van der Waals surface area contributed by atoms with Crippen LogP contribution in [-0.4, -0.2) is 24.7 Å². The molecule has 18 heavy (non-hydrogen) atoms. The minimum Gasteiger partial charge on any atom is -0.468 e. The van der Waals surface area contributed by atoms with Crippen LogP contribution < -0.4 is 5.32 Å². The molecule has 0 radical (unpaired) electrons. The molecule has 104 valence electrons. The van der Waals surface area contributed by atoms with Crippen LogP contribution in [0, 0.1) is 5.41 Å². The van der Waals surface area contributed by atoms with E-state index in [2.05, 4.69) is 19.2 Å². The summed E-state index contributed by atoms with van der Waals surface area (Å²) in [4.78, 5) is 12.2. The summed E-state index contributed by atoms with van der Waals surface area (Å²) >= 11 is 0. The molecule has 1 N–H and O–H groups in total. The first-order valence-corrected chi connectivity index (χ1v) is 7.34. The third kappa shape index (κ3) is 2.87. The number of rotatable bonds is 3. The number of nitrogens with one attached hydrogen (secondary N) is 1. The second-order valence-corrected chi connectivity index (χ2v) is 6.89. The van der Waals surface area contributed by atoms with Crippen LogP contribution in [0.5, 0.6) is 0 Å². The smallest absolute Gasteiger partial charge is 0.326 e. The van der Waals surface area contributed by atoms with Crippen molar-refractivity contribution in [1.82, 2.24) is 5.32 Å².